The van der Waals surface area contributed by atoms with Crippen LogP contribution >= 0.6 is 0 Å². The quantitative estimate of drug-likeness (QED) is 0.135. The van der Waals surface area contributed by atoms with Crippen LogP contribution in [0, 0.1) is 0 Å². The maximum absolute atomic E-state index is 14.7. The van der Waals surface area contributed by atoms with Crippen LogP contribution in [0.4, 0.5) is 24.7 Å². The molecule has 0 radical (unpaired) electrons. The van der Waals surface area contributed by atoms with Crippen LogP contribution in [0.3, 0.4) is 0 Å². The minimum absolute atomic E-state index is 0.0896. The molecule has 2 aliphatic rings. The lowest BCUT2D eigenvalue weighted by atomic mass is 10.0. The summed E-state index contributed by atoms with van der Waals surface area (Å²) in [6.07, 6.45) is 0.324. The zero-order valence-corrected chi connectivity index (χ0v) is 32.2. The number of piperazine rings is 2. The Morgan fingerprint density at radius 1 is 0.707 bits per heavy atom. The summed E-state index contributed by atoms with van der Waals surface area (Å²) >= 11 is 0. The number of alkyl halides is 3. The molecule has 58 heavy (non-hydrogen) atoms. The standard InChI is InChI=1S/C46H47F3N6O3/c47-46(48,49)39-16-9-35(10-17-39)15-22-44(57)55(34-38-11-18-40(19-12-38)52-28-30-53(31-29-52)43-8-4-5-23-50-43)42(32-36-13-20-41(56)21-14-36)45(58)54-26-24-51(25-27-54)33-37-6-2-1-3-7-37/h1-23,42,56H,24-34H2/b22-15+/t42-/m0/s1. The van der Waals surface area contributed by atoms with E-state index in [9.17, 15) is 27.9 Å². The molecule has 0 aliphatic carbocycles. The van der Waals surface area contributed by atoms with E-state index in [1.807, 2.05) is 65.6 Å². The summed E-state index contributed by atoms with van der Waals surface area (Å²) < 4.78 is 39.8. The molecular formula is C46H47F3N6O3. The Morgan fingerprint density at radius 3 is 1.98 bits per heavy atom. The van der Waals surface area contributed by atoms with E-state index < -0.39 is 23.7 Å². The molecule has 1 N–H and O–H groups in total. The van der Waals surface area contributed by atoms with Crippen molar-refractivity contribution in [2.24, 2.45) is 0 Å². The van der Waals surface area contributed by atoms with E-state index in [0.717, 1.165) is 67.5 Å². The molecule has 5 aromatic rings. The molecule has 0 unspecified atom stereocenters. The second kappa shape index (κ2) is 18.4. The number of hydrogen-bond donors (Lipinski definition) is 1. The predicted molar refractivity (Wildman–Crippen MR) is 220 cm³/mol. The van der Waals surface area contributed by atoms with E-state index in [4.69, 9.17) is 0 Å². The summed E-state index contributed by atoms with van der Waals surface area (Å²) in [5.74, 6) is 0.410. The summed E-state index contributed by atoms with van der Waals surface area (Å²) in [5.41, 5.74) is 3.48. The van der Waals surface area contributed by atoms with Crippen LogP contribution < -0.4 is 9.80 Å². The highest BCUT2D eigenvalue weighted by molar-refractivity contribution is 5.96. The Bertz CT molecular complexity index is 2120. The lowest BCUT2D eigenvalue weighted by molar-refractivity contribution is -0.145. The number of aromatic hydroxyl groups is 1. The fourth-order valence-electron chi connectivity index (χ4n) is 7.50. The first-order chi connectivity index (χ1) is 28.1. The average Bonchev–Trinajstić information content (AvgIpc) is 3.25. The molecule has 1 aromatic heterocycles. The lowest BCUT2D eigenvalue weighted by Crippen LogP contribution is -2.56. The van der Waals surface area contributed by atoms with Gasteiger partial charge >= 0.3 is 6.18 Å². The van der Waals surface area contributed by atoms with Gasteiger partial charge in [0, 0.05) is 89.8 Å². The number of phenolic OH excluding ortho intramolecular Hbond substituents is 1. The Morgan fingerprint density at radius 2 is 1.34 bits per heavy atom. The van der Waals surface area contributed by atoms with Crippen LogP contribution in [-0.4, -0.2) is 95.0 Å². The number of pyridine rings is 1. The molecule has 300 valence electrons. The second-order valence-electron chi connectivity index (χ2n) is 14.7. The van der Waals surface area contributed by atoms with Crippen molar-refractivity contribution < 1.29 is 27.9 Å². The molecule has 7 rings (SSSR count). The van der Waals surface area contributed by atoms with E-state index in [1.165, 1.54) is 29.8 Å². The maximum Gasteiger partial charge on any atom is 0.416 e. The van der Waals surface area contributed by atoms with Crippen molar-refractivity contribution in [3.8, 4) is 5.75 Å². The van der Waals surface area contributed by atoms with E-state index in [1.54, 1.807) is 35.4 Å². The number of carbonyl (C=O) groups is 2. The maximum atomic E-state index is 14.7. The van der Waals surface area contributed by atoms with Gasteiger partial charge in [-0.2, -0.15) is 13.2 Å². The molecular weight excluding hydrogens is 742 g/mol. The first-order valence-corrected chi connectivity index (χ1v) is 19.6. The predicted octanol–water partition coefficient (Wildman–Crippen LogP) is 7.13. The van der Waals surface area contributed by atoms with Crippen molar-refractivity contribution >= 4 is 29.4 Å². The van der Waals surface area contributed by atoms with Crippen LogP contribution in [0.2, 0.25) is 0 Å². The van der Waals surface area contributed by atoms with Crippen molar-refractivity contribution in [1.29, 1.82) is 0 Å². The smallest absolute Gasteiger partial charge is 0.416 e. The van der Waals surface area contributed by atoms with E-state index in [2.05, 4.69) is 31.8 Å². The highest BCUT2D eigenvalue weighted by atomic mass is 19.4. The molecule has 12 heteroatoms. The highest BCUT2D eigenvalue weighted by Crippen LogP contribution is 2.29. The van der Waals surface area contributed by atoms with Crippen LogP contribution in [-0.2, 0) is 35.3 Å². The summed E-state index contributed by atoms with van der Waals surface area (Å²) in [5, 5.41) is 10.0. The Labute approximate surface area is 337 Å². The van der Waals surface area contributed by atoms with Gasteiger partial charge in [0.1, 0.15) is 17.6 Å². The van der Waals surface area contributed by atoms with Crippen molar-refractivity contribution in [2.45, 2.75) is 31.7 Å². The average molecular weight is 789 g/mol. The number of phenols is 1. The number of rotatable bonds is 12. The van der Waals surface area contributed by atoms with Gasteiger partial charge < -0.3 is 24.7 Å². The molecule has 9 nitrogen and oxygen atoms in total. The number of benzene rings is 4. The number of hydrogen-bond acceptors (Lipinski definition) is 7. The number of aromatic nitrogens is 1. The van der Waals surface area contributed by atoms with E-state index >= 15 is 0 Å². The van der Waals surface area contributed by atoms with Crippen molar-refractivity contribution in [2.75, 3.05) is 62.2 Å². The van der Waals surface area contributed by atoms with Crippen molar-refractivity contribution in [3.63, 3.8) is 0 Å². The first-order valence-electron chi connectivity index (χ1n) is 19.6. The molecule has 2 saturated heterocycles. The zero-order chi connectivity index (χ0) is 40.5. The topological polar surface area (TPSA) is 83.5 Å². The van der Waals surface area contributed by atoms with Gasteiger partial charge in [0.15, 0.2) is 0 Å². The van der Waals surface area contributed by atoms with Crippen LogP contribution in [0.1, 0.15) is 27.8 Å². The molecule has 0 saturated carbocycles. The van der Waals surface area contributed by atoms with Gasteiger partial charge in [-0.1, -0.05) is 72.8 Å². The molecule has 2 fully saturated rings. The van der Waals surface area contributed by atoms with E-state index in [0.29, 0.717) is 31.7 Å². The van der Waals surface area contributed by atoms with Gasteiger partial charge in [-0.3, -0.25) is 14.5 Å². The van der Waals surface area contributed by atoms with Crippen molar-refractivity contribution in [3.05, 3.63) is 161 Å². The van der Waals surface area contributed by atoms with Crippen molar-refractivity contribution in [1.82, 2.24) is 19.7 Å². The molecule has 2 amide bonds. The summed E-state index contributed by atoms with van der Waals surface area (Å²) in [6, 6.07) is 34.4. The van der Waals surface area contributed by atoms with Gasteiger partial charge in [0.05, 0.1) is 5.56 Å². The minimum atomic E-state index is -4.48. The zero-order valence-electron chi connectivity index (χ0n) is 32.2. The largest absolute Gasteiger partial charge is 0.508 e. The number of halogens is 3. The molecule has 1 atom stereocenters. The van der Waals surface area contributed by atoms with Gasteiger partial charge in [-0.25, -0.2) is 4.98 Å². The summed E-state index contributed by atoms with van der Waals surface area (Å²) in [7, 11) is 0. The monoisotopic (exact) mass is 788 g/mol. The van der Waals surface area contributed by atoms with Gasteiger partial charge in [0.25, 0.3) is 0 Å². The Hall–Kier alpha value is -6.14. The van der Waals surface area contributed by atoms with Crippen LogP contribution in [0.15, 0.2) is 134 Å². The third-order valence-corrected chi connectivity index (χ3v) is 10.8. The Kier molecular flexibility index (Phi) is 12.7. The minimum Gasteiger partial charge on any atom is -0.508 e. The first kappa shape index (κ1) is 40.1. The number of amides is 2. The Balaban J connectivity index is 1.13. The molecule has 0 bridgehead atoms. The third kappa shape index (κ3) is 10.4. The molecule has 0 spiro atoms. The summed E-state index contributed by atoms with van der Waals surface area (Å²) in [6.45, 7) is 6.50. The fraction of sp³-hybridized carbons (Fsp3) is 0.283. The SMILES string of the molecule is O=C([C@H](Cc1ccc(O)cc1)N(Cc1ccc(N2CCN(c3ccccn3)CC2)cc1)C(=O)/C=C/c1ccc(C(F)(F)F)cc1)N1CCN(Cc2ccccc2)CC1. The highest BCUT2D eigenvalue weighted by Gasteiger charge is 2.34. The fourth-order valence-corrected chi connectivity index (χ4v) is 7.50. The second-order valence-corrected chi connectivity index (χ2v) is 14.7. The van der Waals surface area contributed by atoms with Gasteiger partial charge in [-0.05, 0) is 76.9 Å². The number of anilines is 2. The van der Waals surface area contributed by atoms with Gasteiger partial charge in [-0.15, -0.1) is 0 Å². The van der Waals surface area contributed by atoms with Crippen LogP contribution in [0.5, 0.6) is 5.75 Å². The lowest BCUT2D eigenvalue weighted by Gasteiger charge is -2.39. The third-order valence-electron chi connectivity index (χ3n) is 10.8. The number of nitrogens with zero attached hydrogens (tertiary/aromatic N) is 6. The van der Waals surface area contributed by atoms with Gasteiger partial charge in [0.2, 0.25) is 11.8 Å². The molecule has 3 heterocycles. The summed E-state index contributed by atoms with van der Waals surface area (Å²) in [4.78, 5) is 43.8. The normalized spacial score (nSPS) is 15.7. The van der Waals surface area contributed by atoms with E-state index in [-0.39, 0.29) is 24.6 Å². The molecule has 2 aliphatic heterocycles. The van der Waals surface area contributed by atoms with Crippen LogP contribution in [0.25, 0.3) is 6.08 Å². The number of carbonyl (C=O) groups excluding carboxylic acids is 2. The molecule has 4 aromatic carbocycles.